The molecule has 1 fully saturated rings. The minimum atomic E-state index is -2.16. The van der Waals surface area contributed by atoms with Gasteiger partial charge in [-0.3, -0.25) is 0 Å². The lowest BCUT2D eigenvalue weighted by Gasteiger charge is -2.46. The molecule has 9 heteroatoms. The molecule has 0 aromatic carbocycles. The summed E-state index contributed by atoms with van der Waals surface area (Å²) in [6.45, 7) is 34.6. The fraction of sp³-hybridized carbons (Fsp3) is 0.920. The van der Waals surface area contributed by atoms with Gasteiger partial charge in [0.05, 0.1) is 18.7 Å². The first-order valence-electron chi connectivity index (χ1n) is 12.8. The Morgan fingerprint density at radius 1 is 0.794 bits per heavy atom. The summed E-state index contributed by atoms with van der Waals surface area (Å²) in [5.41, 5.74) is 0.775. The van der Waals surface area contributed by atoms with E-state index in [0.29, 0.717) is 6.61 Å². The molecule has 0 amide bonds. The summed E-state index contributed by atoms with van der Waals surface area (Å²) in [5.74, 6) is 0. The molecule has 0 saturated carbocycles. The van der Waals surface area contributed by atoms with E-state index in [2.05, 4.69) is 109 Å². The van der Waals surface area contributed by atoms with Gasteiger partial charge in [0.25, 0.3) is 0 Å². The largest absolute Gasteiger partial charge is 0.413 e. The SMILES string of the molecule is B[C@@H]1O[C@](/C=C\Cl)(CO[Si](C)(C)C(C)(C)C)[C@@H](O[Si](C)(C)C(C)(C)C)[C@H]1O[Si](C)(C)C(C)(C)C. The van der Waals surface area contributed by atoms with Crippen molar-refractivity contribution in [3.05, 3.63) is 11.6 Å². The zero-order valence-corrected chi connectivity index (χ0v) is 28.9. The highest BCUT2D eigenvalue weighted by Gasteiger charge is 2.59. The Kier molecular flexibility index (Phi) is 9.97. The lowest BCUT2D eigenvalue weighted by molar-refractivity contribution is -0.0570. The minimum Gasteiger partial charge on any atom is -0.413 e. The molecule has 1 heterocycles. The molecule has 1 saturated heterocycles. The van der Waals surface area contributed by atoms with E-state index in [9.17, 15) is 0 Å². The summed E-state index contributed by atoms with van der Waals surface area (Å²) < 4.78 is 27.7. The van der Waals surface area contributed by atoms with Crippen LogP contribution < -0.4 is 0 Å². The van der Waals surface area contributed by atoms with Crippen molar-refractivity contribution in [2.75, 3.05) is 6.61 Å². The number of rotatable bonds is 8. The lowest BCUT2D eigenvalue weighted by atomic mass is 9.89. The van der Waals surface area contributed by atoms with Crippen LogP contribution in [0.1, 0.15) is 62.3 Å². The molecule has 1 aliphatic rings. The van der Waals surface area contributed by atoms with E-state index in [1.54, 1.807) is 5.54 Å². The third-order valence-electron chi connectivity index (χ3n) is 8.92. The van der Waals surface area contributed by atoms with Gasteiger partial charge >= 0.3 is 0 Å². The van der Waals surface area contributed by atoms with Crippen LogP contribution in [0.3, 0.4) is 0 Å². The molecule has 200 valence electrons. The molecule has 34 heavy (non-hydrogen) atoms. The van der Waals surface area contributed by atoms with Crippen molar-refractivity contribution in [1.29, 1.82) is 0 Å². The molecule has 0 unspecified atom stereocenters. The van der Waals surface area contributed by atoms with Crippen LogP contribution in [0.4, 0.5) is 0 Å². The Morgan fingerprint density at radius 3 is 1.59 bits per heavy atom. The first-order chi connectivity index (χ1) is 14.8. The maximum absolute atomic E-state index is 7.16. The normalized spacial score (nSPS) is 28.2. The van der Waals surface area contributed by atoms with Gasteiger partial charge < -0.3 is 18.0 Å². The standard InChI is InChI=1S/C25H54BClO4Si3/c1-22(2,3)32(10,11)28-18-25(16-17-27)20(31-34(14,15)24(7,8)9)19(21(26)29-25)30-33(12,13)23(4,5)6/h16-17,19-21H,18,26H2,1-15H3/b17-16-/t19-,20+,21-,25-/m1/s1. The quantitative estimate of drug-likeness (QED) is 0.299. The predicted molar refractivity (Wildman–Crippen MR) is 158 cm³/mol. The summed E-state index contributed by atoms with van der Waals surface area (Å²) in [6, 6.07) is -0.139. The predicted octanol–water partition coefficient (Wildman–Crippen LogP) is 7.27. The monoisotopic (exact) mass is 548 g/mol. The van der Waals surface area contributed by atoms with Crippen molar-refractivity contribution < 1.29 is 18.0 Å². The van der Waals surface area contributed by atoms with Crippen LogP contribution in [0.15, 0.2) is 11.6 Å². The second-order valence-electron chi connectivity index (χ2n) is 14.8. The van der Waals surface area contributed by atoms with Gasteiger partial charge in [-0.2, -0.15) is 0 Å². The van der Waals surface area contributed by atoms with Gasteiger partial charge in [-0.1, -0.05) is 73.9 Å². The zero-order chi connectivity index (χ0) is 27.2. The maximum Gasteiger partial charge on any atom is 0.192 e. The van der Waals surface area contributed by atoms with Gasteiger partial charge in [0.1, 0.15) is 19.6 Å². The highest BCUT2D eigenvalue weighted by Crippen LogP contribution is 2.47. The summed E-state index contributed by atoms with van der Waals surface area (Å²) in [7, 11) is -4.16. The maximum atomic E-state index is 7.16. The van der Waals surface area contributed by atoms with E-state index in [1.165, 1.54) is 0 Å². The van der Waals surface area contributed by atoms with Crippen LogP contribution in [-0.2, 0) is 18.0 Å². The molecule has 0 N–H and O–H groups in total. The van der Waals surface area contributed by atoms with Crippen LogP contribution >= 0.6 is 11.6 Å². The molecule has 4 atom stereocenters. The Balaban J connectivity index is 3.57. The van der Waals surface area contributed by atoms with Gasteiger partial charge in [-0.25, -0.2) is 0 Å². The molecule has 0 bridgehead atoms. The summed E-state index contributed by atoms with van der Waals surface area (Å²) in [5, 5.41) is 0.229. The van der Waals surface area contributed by atoms with Crippen molar-refractivity contribution in [2.45, 2.75) is 141 Å². The Hall–Kier alpha value is 0.586. The average Bonchev–Trinajstić information content (AvgIpc) is 2.82. The summed E-state index contributed by atoms with van der Waals surface area (Å²) >= 11 is 6.26. The number of halogens is 1. The van der Waals surface area contributed by atoms with Gasteiger partial charge in [0.15, 0.2) is 25.0 Å². The van der Waals surface area contributed by atoms with Crippen LogP contribution in [0.25, 0.3) is 0 Å². The Labute approximate surface area is 220 Å². The second-order valence-corrected chi connectivity index (χ2v) is 29.3. The third kappa shape index (κ3) is 7.12. The van der Waals surface area contributed by atoms with E-state index in [-0.39, 0.29) is 33.3 Å². The smallest absolute Gasteiger partial charge is 0.192 e. The molecule has 0 aromatic heterocycles. The fourth-order valence-electron chi connectivity index (χ4n) is 3.25. The lowest BCUT2D eigenvalue weighted by Crippen LogP contribution is -2.58. The molecule has 0 spiro atoms. The van der Waals surface area contributed by atoms with Crippen molar-refractivity contribution >= 4 is 44.4 Å². The Bertz CT molecular complexity index is 723. The van der Waals surface area contributed by atoms with Crippen LogP contribution in [-0.4, -0.2) is 63.2 Å². The number of ether oxygens (including phenoxy) is 1. The molecule has 1 rings (SSSR count). The molecule has 1 aliphatic heterocycles. The van der Waals surface area contributed by atoms with E-state index < -0.39 is 30.6 Å². The average molecular weight is 549 g/mol. The topological polar surface area (TPSA) is 36.9 Å². The molecular formula is C25H54BClO4Si3. The molecule has 0 aromatic rings. The van der Waals surface area contributed by atoms with Gasteiger partial charge in [0.2, 0.25) is 0 Å². The highest BCUT2D eigenvalue weighted by molar-refractivity contribution is 6.75. The first kappa shape index (κ1) is 32.6. The van der Waals surface area contributed by atoms with E-state index >= 15 is 0 Å². The third-order valence-corrected chi connectivity index (χ3v) is 22.5. The highest BCUT2D eigenvalue weighted by atomic mass is 35.5. The van der Waals surface area contributed by atoms with E-state index in [4.69, 9.17) is 29.6 Å². The fourth-order valence-corrected chi connectivity index (χ4v) is 7.16. The first-order valence-corrected chi connectivity index (χ1v) is 21.9. The van der Waals surface area contributed by atoms with Gasteiger partial charge in [-0.05, 0) is 60.5 Å². The van der Waals surface area contributed by atoms with Crippen molar-refractivity contribution in [3.63, 3.8) is 0 Å². The molecular weight excluding hydrogens is 495 g/mol. The summed E-state index contributed by atoms with van der Waals surface area (Å²) in [6.07, 6.45) is 1.47. The van der Waals surface area contributed by atoms with E-state index in [1.807, 2.05) is 6.08 Å². The van der Waals surface area contributed by atoms with Crippen LogP contribution in [0, 0.1) is 0 Å². The number of hydrogen-bond donors (Lipinski definition) is 0. The van der Waals surface area contributed by atoms with Crippen molar-refractivity contribution in [1.82, 2.24) is 0 Å². The molecule has 0 radical (unpaired) electrons. The van der Waals surface area contributed by atoms with E-state index in [0.717, 1.165) is 0 Å². The van der Waals surface area contributed by atoms with Crippen molar-refractivity contribution in [2.24, 2.45) is 0 Å². The van der Waals surface area contributed by atoms with Crippen molar-refractivity contribution in [3.8, 4) is 0 Å². The van der Waals surface area contributed by atoms with Crippen LogP contribution in [0.5, 0.6) is 0 Å². The number of hydrogen-bond acceptors (Lipinski definition) is 4. The minimum absolute atomic E-state index is 0.0526. The summed E-state index contributed by atoms with van der Waals surface area (Å²) in [4.78, 5) is 0. The van der Waals surface area contributed by atoms with Crippen LogP contribution in [0.2, 0.25) is 54.4 Å². The Morgan fingerprint density at radius 2 is 1.21 bits per heavy atom. The van der Waals surface area contributed by atoms with Gasteiger partial charge in [0, 0.05) is 5.54 Å². The second kappa shape index (κ2) is 10.4. The van der Waals surface area contributed by atoms with Gasteiger partial charge in [-0.15, -0.1) is 0 Å². The zero-order valence-electron chi connectivity index (χ0n) is 25.1. The molecule has 4 nitrogen and oxygen atoms in total. The molecule has 0 aliphatic carbocycles.